The second-order valence-electron chi connectivity index (χ2n) is 5.40. The number of rotatable bonds is 6. The first-order chi connectivity index (χ1) is 10.4. The molecule has 1 N–H and O–H groups in total. The average Bonchev–Trinajstić information content (AvgIpc) is 2.53. The Morgan fingerprint density at radius 1 is 1.14 bits per heavy atom. The molecule has 7 heteroatoms. The van der Waals surface area contributed by atoms with Crippen LogP contribution in [-0.4, -0.2) is 67.8 Å². The van der Waals surface area contributed by atoms with Gasteiger partial charge in [-0.2, -0.15) is 4.31 Å². The Morgan fingerprint density at radius 3 is 2.23 bits per heavy atom. The summed E-state index contributed by atoms with van der Waals surface area (Å²) in [6.07, 6.45) is 0.708. The molecule has 2 rings (SSSR count). The summed E-state index contributed by atoms with van der Waals surface area (Å²) in [4.78, 5) is 13.6. The molecule has 0 radical (unpaired) electrons. The van der Waals surface area contributed by atoms with E-state index < -0.39 is 10.0 Å². The van der Waals surface area contributed by atoms with Gasteiger partial charge >= 0.3 is 0 Å². The predicted octanol–water partition coefficient (Wildman–Crippen LogP) is 0.578. The Hall–Kier alpha value is -1.28. The molecular formula is C15H22N2O4S. The third kappa shape index (κ3) is 3.92. The summed E-state index contributed by atoms with van der Waals surface area (Å²) in [5.41, 5.74) is 0.507. The summed E-state index contributed by atoms with van der Waals surface area (Å²) >= 11 is 0. The highest BCUT2D eigenvalue weighted by Crippen LogP contribution is 2.18. The normalized spacial score (nSPS) is 17.5. The van der Waals surface area contributed by atoms with Crippen molar-refractivity contribution >= 4 is 15.8 Å². The number of Topliss-reactive ketones (excluding diaryl/α,β-unsaturated/α-hetero) is 1. The molecule has 0 saturated carbocycles. The molecule has 1 saturated heterocycles. The Kier molecular flexibility index (Phi) is 5.69. The highest BCUT2D eigenvalue weighted by Gasteiger charge is 2.28. The number of piperazine rings is 1. The standard InChI is InChI=1S/C15H22N2O4S/c1-13(19)14-3-5-15(6-4-14)22(20,21)17-10-8-16(9-11-17)7-2-12-18/h3-6,18H,2,7-12H2,1H3. The smallest absolute Gasteiger partial charge is 0.243 e. The molecule has 1 aliphatic rings. The number of carbonyl (C=O) groups is 1. The lowest BCUT2D eigenvalue weighted by atomic mass is 10.2. The predicted molar refractivity (Wildman–Crippen MR) is 83.3 cm³/mol. The molecule has 6 nitrogen and oxygen atoms in total. The monoisotopic (exact) mass is 326 g/mol. The third-order valence-electron chi connectivity index (χ3n) is 3.86. The maximum Gasteiger partial charge on any atom is 0.243 e. The first-order valence-corrected chi connectivity index (χ1v) is 8.83. The van der Waals surface area contributed by atoms with Gasteiger partial charge in [-0.15, -0.1) is 0 Å². The van der Waals surface area contributed by atoms with Crippen LogP contribution in [0.25, 0.3) is 0 Å². The second-order valence-corrected chi connectivity index (χ2v) is 7.34. The molecule has 0 spiro atoms. The minimum absolute atomic E-state index is 0.0820. The van der Waals surface area contributed by atoms with E-state index in [0.29, 0.717) is 38.2 Å². The van der Waals surface area contributed by atoms with Gasteiger partial charge < -0.3 is 10.0 Å². The Labute approximate surface area is 131 Å². The summed E-state index contributed by atoms with van der Waals surface area (Å²) in [6.45, 7) is 4.63. The largest absolute Gasteiger partial charge is 0.396 e. The molecule has 122 valence electrons. The topological polar surface area (TPSA) is 77.9 Å². The van der Waals surface area contributed by atoms with Crippen LogP contribution in [0.3, 0.4) is 0 Å². The first kappa shape index (κ1) is 17.1. The molecule has 0 unspecified atom stereocenters. The molecule has 22 heavy (non-hydrogen) atoms. The summed E-state index contributed by atoms with van der Waals surface area (Å²) in [7, 11) is -3.50. The van der Waals surface area contributed by atoms with Gasteiger partial charge in [-0.25, -0.2) is 8.42 Å². The first-order valence-electron chi connectivity index (χ1n) is 7.39. The van der Waals surface area contributed by atoms with E-state index in [4.69, 9.17) is 5.11 Å². The van der Waals surface area contributed by atoms with Gasteiger partial charge in [0.2, 0.25) is 10.0 Å². The van der Waals surface area contributed by atoms with Crippen molar-refractivity contribution < 1.29 is 18.3 Å². The van der Waals surface area contributed by atoms with Crippen molar-refractivity contribution in [3.8, 4) is 0 Å². The van der Waals surface area contributed by atoms with Gasteiger partial charge in [-0.1, -0.05) is 12.1 Å². The molecule has 0 amide bonds. The lowest BCUT2D eigenvalue weighted by Crippen LogP contribution is -2.48. The number of nitrogens with zero attached hydrogens (tertiary/aromatic N) is 2. The summed E-state index contributed by atoms with van der Waals surface area (Å²) in [6, 6.07) is 6.08. The van der Waals surface area contributed by atoms with Crippen LogP contribution in [0.2, 0.25) is 0 Å². The van der Waals surface area contributed by atoms with Crippen molar-refractivity contribution in [2.75, 3.05) is 39.3 Å². The summed E-state index contributed by atoms with van der Waals surface area (Å²) < 4.78 is 26.6. The zero-order chi connectivity index (χ0) is 16.2. The van der Waals surface area contributed by atoms with Crippen LogP contribution in [0.4, 0.5) is 0 Å². The number of hydrogen-bond donors (Lipinski definition) is 1. The highest BCUT2D eigenvalue weighted by molar-refractivity contribution is 7.89. The molecule has 1 aliphatic heterocycles. The van der Waals surface area contributed by atoms with Gasteiger partial charge in [0.1, 0.15) is 0 Å². The zero-order valence-corrected chi connectivity index (χ0v) is 13.6. The van der Waals surface area contributed by atoms with Crippen LogP contribution in [0.1, 0.15) is 23.7 Å². The maximum atomic E-state index is 12.6. The van der Waals surface area contributed by atoms with Gasteiger partial charge in [0.05, 0.1) is 4.90 Å². The van der Waals surface area contributed by atoms with E-state index in [1.54, 1.807) is 12.1 Å². The van der Waals surface area contributed by atoms with Crippen LogP contribution in [0, 0.1) is 0 Å². The van der Waals surface area contributed by atoms with Crippen molar-refractivity contribution in [3.63, 3.8) is 0 Å². The zero-order valence-electron chi connectivity index (χ0n) is 12.7. The van der Waals surface area contributed by atoms with Crippen LogP contribution in [0.15, 0.2) is 29.2 Å². The summed E-state index contributed by atoms with van der Waals surface area (Å²) in [5, 5.41) is 8.83. The van der Waals surface area contributed by atoms with Gasteiger partial charge in [-0.05, 0) is 25.5 Å². The van der Waals surface area contributed by atoms with Gasteiger partial charge in [-0.3, -0.25) is 4.79 Å². The van der Waals surface area contributed by atoms with E-state index in [1.807, 2.05) is 0 Å². The number of ketones is 1. The van der Waals surface area contributed by atoms with E-state index in [-0.39, 0.29) is 17.3 Å². The number of carbonyl (C=O) groups excluding carboxylic acids is 1. The minimum atomic E-state index is -3.50. The fraction of sp³-hybridized carbons (Fsp3) is 0.533. The number of benzene rings is 1. The maximum absolute atomic E-state index is 12.6. The van der Waals surface area contributed by atoms with Crippen LogP contribution in [0.5, 0.6) is 0 Å². The lowest BCUT2D eigenvalue weighted by Gasteiger charge is -2.33. The number of sulfonamides is 1. The number of aliphatic hydroxyl groups excluding tert-OH is 1. The second kappa shape index (κ2) is 7.32. The highest BCUT2D eigenvalue weighted by atomic mass is 32.2. The van der Waals surface area contributed by atoms with Crippen molar-refractivity contribution in [1.29, 1.82) is 0 Å². The van der Waals surface area contributed by atoms with Crippen molar-refractivity contribution in [1.82, 2.24) is 9.21 Å². The van der Waals surface area contributed by atoms with Gasteiger partial charge in [0.25, 0.3) is 0 Å². The van der Waals surface area contributed by atoms with E-state index in [0.717, 1.165) is 6.54 Å². The molecule has 1 heterocycles. The van der Waals surface area contributed by atoms with E-state index in [9.17, 15) is 13.2 Å². The molecule has 1 fully saturated rings. The van der Waals surface area contributed by atoms with Crippen LogP contribution < -0.4 is 0 Å². The van der Waals surface area contributed by atoms with Crippen molar-refractivity contribution in [3.05, 3.63) is 29.8 Å². The molecule has 1 aromatic carbocycles. The van der Waals surface area contributed by atoms with Gasteiger partial charge in [0.15, 0.2) is 5.78 Å². The molecule has 0 atom stereocenters. The molecular weight excluding hydrogens is 304 g/mol. The average molecular weight is 326 g/mol. The van der Waals surface area contributed by atoms with Crippen LogP contribution in [-0.2, 0) is 10.0 Å². The SMILES string of the molecule is CC(=O)c1ccc(S(=O)(=O)N2CCN(CCCO)CC2)cc1. The lowest BCUT2D eigenvalue weighted by molar-refractivity contribution is 0.101. The number of hydrogen-bond acceptors (Lipinski definition) is 5. The summed E-state index contributed by atoms with van der Waals surface area (Å²) in [5.74, 6) is -0.0820. The molecule has 0 bridgehead atoms. The quantitative estimate of drug-likeness (QED) is 0.774. The van der Waals surface area contributed by atoms with Crippen molar-refractivity contribution in [2.24, 2.45) is 0 Å². The van der Waals surface area contributed by atoms with E-state index in [1.165, 1.54) is 23.4 Å². The molecule has 0 aliphatic carbocycles. The Bertz CT molecular complexity index is 605. The number of aliphatic hydroxyl groups is 1. The molecule has 1 aromatic rings. The van der Waals surface area contributed by atoms with Gasteiger partial charge in [0, 0.05) is 44.9 Å². The fourth-order valence-electron chi connectivity index (χ4n) is 2.50. The van der Waals surface area contributed by atoms with Crippen molar-refractivity contribution in [2.45, 2.75) is 18.2 Å². The fourth-order valence-corrected chi connectivity index (χ4v) is 3.92. The van der Waals surface area contributed by atoms with Crippen LogP contribution >= 0.6 is 0 Å². The third-order valence-corrected chi connectivity index (χ3v) is 5.78. The van der Waals surface area contributed by atoms with E-state index >= 15 is 0 Å². The molecule has 0 aromatic heterocycles. The Morgan fingerprint density at radius 2 is 1.73 bits per heavy atom. The van der Waals surface area contributed by atoms with E-state index in [2.05, 4.69) is 4.90 Å². The minimum Gasteiger partial charge on any atom is -0.396 e. The Balaban J connectivity index is 2.03.